The van der Waals surface area contributed by atoms with E-state index < -0.39 is 0 Å². The molecule has 0 saturated heterocycles. The highest BCUT2D eigenvalue weighted by atomic mass is 16.3. The molecule has 5 nitrogen and oxygen atoms in total. The van der Waals surface area contributed by atoms with Crippen molar-refractivity contribution in [2.24, 2.45) is 0 Å². The van der Waals surface area contributed by atoms with E-state index in [1.807, 2.05) is 6.92 Å². The molecule has 0 aliphatic heterocycles. The number of hydrogen-bond donors (Lipinski definition) is 2. The van der Waals surface area contributed by atoms with Crippen molar-refractivity contribution >= 4 is 0 Å². The number of rotatable bonds is 2. The lowest BCUT2D eigenvalue weighted by atomic mass is 10.4. The van der Waals surface area contributed by atoms with Gasteiger partial charge in [-0.15, -0.1) is 0 Å². The lowest BCUT2D eigenvalue weighted by Gasteiger charge is -1.91. The molecule has 0 aliphatic carbocycles. The smallest absolute Gasteiger partial charge is 0.232 e. The van der Waals surface area contributed by atoms with Crippen molar-refractivity contribution in [3.63, 3.8) is 0 Å². The summed E-state index contributed by atoms with van der Waals surface area (Å²) in [6.07, 6.45) is 3.96. The summed E-state index contributed by atoms with van der Waals surface area (Å²) in [5, 5.41) is 9.39. The lowest BCUT2D eigenvalue weighted by molar-refractivity contribution is 0.450. The molecule has 0 saturated carbocycles. The molecule has 14 heavy (non-hydrogen) atoms. The highest BCUT2D eigenvalue weighted by Gasteiger charge is 2.09. The molecule has 72 valence electrons. The zero-order valence-corrected chi connectivity index (χ0v) is 7.73. The monoisotopic (exact) mass is 190 g/mol. The van der Waals surface area contributed by atoms with Gasteiger partial charge in [0.2, 0.25) is 5.88 Å². The molecule has 0 fully saturated rings. The second-order valence-corrected chi connectivity index (χ2v) is 2.81. The first-order valence-corrected chi connectivity index (χ1v) is 4.36. The second kappa shape index (κ2) is 3.45. The van der Waals surface area contributed by atoms with Gasteiger partial charge in [0.15, 0.2) is 11.6 Å². The summed E-state index contributed by atoms with van der Waals surface area (Å²) in [5.74, 6) is 1.01. The van der Waals surface area contributed by atoms with Gasteiger partial charge in [-0.1, -0.05) is 6.92 Å². The Balaban J connectivity index is 2.43. The highest BCUT2D eigenvalue weighted by Crippen LogP contribution is 2.18. The molecule has 0 aliphatic rings. The average molecular weight is 190 g/mol. The summed E-state index contributed by atoms with van der Waals surface area (Å²) >= 11 is 0. The lowest BCUT2D eigenvalue weighted by Crippen LogP contribution is -1.88. The van der Waals surface area contributed by atoms with Crippen LogP contribution >= 0.6 is 0 Å². The number of aromatic amines is 1. The standard InChI is InChI=1S/C9H10N4O/c1-2-6-9(14)13-8(12-6)7-10-4-3-5-11-7/h3-5,14H,2H2,1H3,(H,12,13). The van der Waals surface area contributed by atoms with Gasteiger partial charge in [-0.2, -0.15) is 4.98 Å². The van der Waals surface area contributed by atoms with Gasteiger partial charge < -0.3 is 10.1 Å². The fraction of sp³-hybridized carbons (Fsp3) is 0.222. The van der Waals surface area contributed by atoms with Gasteiger partial charge in [0, 0.05) is 12.4 Å². The Hall–Kier alpha value is -1.91. The summed E-state index contributed by atoms with van der Waals surface area (Å²) < 4.78 is 0. The van der Waals surface area contributed by atoms with Gasteiger partial charge in [-0.25, -0.2) is 9.97 Å². The molecule has 2 aromatic rings. The van der Waals surface area contributed by atoms with E-state index in [-0.39, 0.29) is 5.88 Å². The molecule has 0 bridgehead atoms. The molecule has 2 N–H and O–H groups in total. The van der Waals surface area contributed by atoms with Crippen molar-refractivity contribution in [1.29, 1.82) is 0 Å². The summed E-state index contributed by atoms with van der Waals surface area (Å²) in [5.41, 5.74) is 0.701. The molecule has 0 unspecified atom stereocenters. The van der Waals surface area contributed by atoms with Gasteiger partial charge in [0.05, 0.1) is 5.69 Å². The molecular formula is C9H10N4O. The number of aromatic nitrogens is 4. The van der Waals surface area contributed by atoms with E-state index in [2.05, 4.69) is 19.9 Å². The Morgan fingerprint density at radius 2 is 2.07 bits per heavy atom. The quantitative estimate of drug-likeness (QED) is 0.744. The fourth-order valence-corrected chi connectivity index (χ4v) is 1.17. The van der Waals surface area contributed by atoms with Crippen molar-refractivity contribution in [3.05, 3.63) is 24.2 Å². The first-order chi connectivity index (χ1) is 6.81. The van der Waals surface area contributed by atoms with E-state index in [1.165, 1.54) is 0 Å². The second-order valence-electron chi connectivity index (χ2n) is 2.81. The molecule has 0 amide bonds. The highest BCUT2D eigenvalue weighted by molar-refractivity contribution is 5.45. The van der Waals surface area contributed by atoms with Crippen LogP contribution in [0.3, 0.4) is 0 Å². The van der Waals surface area contributed by atoms with Crippen molar-refractivity contribution in [1.82, 2.24) is 19.9 Å². The minimum atomic E-state index is 0.0231. The van der Waals surface area contributed by atoms with Gasteiger partial charge >= 0.3 is 0 Å². The zero-order chi connectivity index (χ0) is 9.97. The van der Waals surface area contributed by atoms with Gasteiger partial charge in [0.1, 0.15) is 0 Å². The molecule has 0 spiro atoms. The third-order valence-corrected chi connectivity index (χ3v) is 1.89. The van der Waals surface area contributed by atoms with Crippen molar-refractivity contribution in [3.8, 4) is 17.5 Å². The van der Waals surface area contributed by atoms with Crippen LogP contribution in [0.5, 0.6) is 5.88 Å². The number of H-pyrrole nitrogens is 1. The first-order valence-electron chi connectivity index (χ1n) is 4.36. The molecule has 2 aromatic heterocycles. The van der Waals surface area contributed by atoms with Crippen molar-refractivity contribution in [2.45, 2.75) is 13.3 Å². The van der Waals surface area contributed by atoms with E-state index in [1.54, 1.807) is 18.5 Å². The number of hydrogen-bond acceptors (Lipinski definition) is 4. The van der Waals surface area contributed by atoms with Crippen LogP contribution in [0, 0.1) is 0 Å². The first kappa shape index (κ1) is 8.68. The predicted molar refractivity (Wildman–Crippen MR) is 50.7 cm³/mol. The summed E-state index contributed by atoms with van der Waals surface area (Å²) in [6.45, 7) is 1.93. The minimum absolute atomic E-state index is 0.0231. The SMILES string of the molecule is CCc1[nH]c(-c2ncccn2)nc1O. The Labute approximate surface area is 80.9 Å². The van der Waals surface area contributed by atoms with Crippen LogP contribution < -0.4 is 0 Å². The number of aryl methyl sites for hydroxylation is 1. The molecule has 0 atom stereocenters. The van der Waals surface area contributed by atoms with Crippen LogP contribution in [0.2, 0.25) is 0 Å². The van der Waals surface area contributed by atoms with Crippen LogP contribution in [0.1, 0.15) is 12.6 Å². The number of nitrogens with one attached hydrogen (secondary N) is 1. The summed E-state index contributed by atoms with van der Waals surface area (Å²) in [7, 11) is 0. The Bertz CT molecular complexity index is 424. The maximum absolute atomic E-state index is 9.39. The Morgan fingerprint density at radius 3 is 2.64 bits per heavy atom. The third-order valence-electron chi connectivity index (χ3n) is 1.89. The summed E-state index contributed by atoms with van der Waals surface area (Å²) in [4.78, 5) is 14.9. The predicted octanol–water partition coefficient (Wildman–Crippen LogP) is 1.13. The Kier molecular flexibility index (Phi) is 2.14. The zero-order valence-electron chi connectivity index (χ0n) is 7.73. The van der Waals surface area contributed by atoms with Crippen LogP contribution in [0.15, 0.2) is 18.5 Å². The molecule has 2 heterocycles. The molecule has 0 aromatic carbocycles. The average Bonchev–Trinajstić information content (AvgIpc) is 2.61. The number of nitrogens with zero attached hydrogens (tertiary/aromatic N) is 3. The van der Waals surface area contributed by atoms with Crippen molar-refractivity contribution in [2.75, 3.05) is 0 Å². The Morgan fingerprint density at radius 1 is 1.36 bits per heavy atom. The molecular weight excluding hydrogens is 180 g/mol. The van der Waals surface area contributed by atoms with Gasteiger partial charge in [-0.05, 0) is 12.5 Å². The van der Waals surface area contributed by atoms with Gasteiger partial charge in [-0.3, -0.25) is 0 Å². The van der Waals surface area contributed by atoms with Crippen LogP contribution in [0.4, 0.5) is 0 Å². The van der Waals surface area contributed by atoms with E-state index in [9.17, 15) is 5.11 Å². The van der Waals surface area contributed by atoms with Crippen LogP contribution in [-0.4, -0.2) is 25.0 Å². The van der Waals surface area contributed by atoms with E-state index in [0.29, 0.717) is 23.8 Å². The number of aromatic hydroxyl groups is 1. The fourth-order valence-electron chi connectivity index (χ4n) is 1.17. The largest absolute Gasteiger partial charge is 0.492 e. The van der Waals surface area contributed by atoms with E-state index >= 15 is 0 Å². The molecule has 5 heteroatoms. The van der Waals surface area contributed by atoms with E-state index in [0.717, 1.165) is 0 Å². The number of imidazole rings is 1. The summed E-state index contributed by atoms with van der Waals surface area (Å²) in [6, 6.07) is 1.73. The van der Waals surface area contributed by atoms with Gasteiger partial charge in [0.25, 0.3) is 0 Å². The minimum Gasteiger partial charge on any atom is -0.492 e. The van der Waals surface area contributed by atoms with Crippen LogP contribution in [-0.2, 0) is 6.42 Å². The topological polar surface area (TPSA) is 74.7 Å². The maximum Gasteiger partial charge on any atom is 0.232 e. The third kappa shape index (κ3) is 1.44. The van der Waals surface area contributed by atoms with E-state index in [4.69, 9.17) is 0 Å². The van der Waals surface area contributed by atoms with Crippen molar-refractivity contribution < 1.29 is 5.11 Å². The normalized spacial score (nSPS) is 10.4. The molecule has 2 rings (SSSR count). The maximum atomic E-state index is 9.39. The molecule has 0 radical (unpaired) electrons. The van der Waals surface area contributed by atoms with Crippen LogP contribution in [0.25, 0.3) is 11.6 Å².